The van der Waals surface area contributed by atoms with Gasteiger partial charge in [-0.3, -0.25) is 0 Å². The molecule has 0 aromatic carbocycles. The summed E-state index contributed by atoms with van der Waals surface area (Å²) in [7, 11) is 0. The van der Waals surface area contributed by atoms with E-state index < -0.39 is 29.8 Å². The number of rotatable bonds is 1. The number of hydrogen-bond acceptors (Lipinski definition) is 1. The molecule has 0 fully saturated rings. The van der Waals surface area contributed by atoms with E-state index >= 15 is 0 Å². The average molecular weight is 215 g/mol. The monoisotopic (exact) mass is 215 g/mol. The van der Waals surface area contributed by atoms with Gasteiger partial charge in [0.15, 0.2) is 0 Å². The third kappa shape index (κ3) is 2.36. The zero-order valence-corrected chi connectivity index (χ0v) is 6.45. The fourth-order valence-electron chi connectivity index (χ4n) is 0.774. The van der Waals surface area contributed by atoms with Crippen molar-refractivity contribution in [1.82, 2.24) is 4.98 Å². The molecular weight excluding hydrogens is 212 g/mol. The van der Waals surface area contributed by atoms with E-state index in [2.05, 4.69) is 4.98 Å². The van der Waals surface area contributed by atoms with Crippen molar-refractivity contribution < 1.29 is 26.3 Å². The maximum absolute atomic E-state index is 12.4. The number of aromatic nitrogens is 1. The van der Waals surface area contributed by atoms with Crippen LogP contribution in [0.4, 0.5) is 26.3 Å². The van der Waals surface area contributed by atoms with Crippen LogP contribution >= 0.6 is 0 Å². The van der Waals surface area contributed by atoms with E-state index in [4.69, 9.17) is 0 Å². The van der Waals surface area contributed by atoms with Gasteiger partial charge in [0.2, 0.25) is 0 Å². The molecule has 0 N–H and O–H groups in total. The summed E-state index contributed by atoms with van der Waals surface area (Å²) < 4.78 is 72.1. The van der Waals surface area contributed by atoms with Crippen molar-refractivity contribution >= 4 is 0 Å². The Labute approximate surface area is 74.4 Å². The third-order valence-electron chi connectivity index (χ3n) is 1.32. The summed E-state index contributed by atoms with van der Waals surface area (Å²) in [5, 5.41) is 0. The topological polar surface area (TPSA) is 12.9 Å². The van der Waals surface area contributed by atoms with Crippen molar-refractivity contribution in [3.63, 3.8) is 0 Å². The molecule has 0 amide bonds. The zero-order chi connectivity index (χ0) is 10.9. The lowest BCUT2D eigenvalue weighted by molar-refractivity contribution is -0.141. The Kier molecular flexibility index (Phi) is 2.68. The van der Waals surface area contributed by atoms with Gasteiger partial charge in [-0.05, 0) is 0 Å². The van der Waals surface area contributed by atoms with E-state index in [0.717, 1.165) is 0 Å². The highest BCUT2D eigenvalue weighted by molar-refractivity contribution is 5.16. The molecule has 0 saturated heterocycles. The summed E-state index contributed by atoms with van der Waals surface area (Å²) in [4.78, 5) is 2.59. The van der Waals surface area contributed by atoms with Gasteiger partial charge in [0.05, 0.1) is 0 Å². The lowest BCUT2D eigenvalue weighted by Crippen LogP contribution is -2.10. The number of hydrogen-bond donors (Lipinski definition) is 0. The summed E-state index contributed by atoms with van der Waals surface area (Å²) in [5.74, 6) is -1.39. The van der Waals surface area contributed by atoms with Crippen molar-refractivity contribution in [2.24, 2.45) is 0 Å². The first kappa shape index (κ1) is 10.8. The molecular formula is C7H3F6N. The van der Waals surface area contributed by atoms with Crippen LogP contribution in [-0.4, -0.2) is 4.98 Å². The van der Waals surface area contributed by atoms with Gasteiger partial charge in [0, 0.05) is 12.1 Å². The molecule has 0 bridgehead atoms. The Balaban J connectivity index is 3.21. The minimum Gasteiger partial charge on any atom is -0.242 e. The fourth-order valence-corrected chi connectivity index (χ4v) is 0.774. The quantitative estimate of drug-likeness (QED) is 0.655. The first-order valence-corrected chi connectivity index (χ1v) is 3.33. The van der Waals surface area contributed by atoms with Gasteiger partial charge in [-0.15, -0.1) is 0 Å². The van der Waals surface area contributed by atoms with E-state index in [1.165, 1.54) is 0 Å². The van der Waals surface area contributed by atoms with Gasteiger partial charge >= 0.3 is 6.18 Å². The van der Waals surface area contributed by atoms with Crippen molar-refractivity contribution in [2.45, 2.75) is 12.6 Å². The normalized spacial score (nSPS) is 12.2. The predicted molar refractivity (Wildman–Crippen MR) is 34.2 cm³/mol. The molecule has 1 rings (SSSR count). The average Bonchev–Trinajstić information content (AvgIpc) is 2.01. The second kappa shape index (κ2) is 3.47. The van der Waals surface area contributed by atoms with Gasteiger partial charge in [-0.2, -0.15) is 13.2 Å². The molecule has 78 valence electrons. The number of pyridine rings is 1. The molecule has 1 aromatic heterocycles. The minimum atomic E-state index is -4.92. The molecule has 0 radical (unpaired) electrons. The van der Waals surface area contributed by atoms with Crippen LogP contribution in [0, 0.1) is 5.82 Å². The SMILES string of the molecule is Fc1cc(C(F)F)nc(C(F)(F)F)c1. The molecule has 0 spiro atoms. The second-order valence-electron chi connectivity index (χ2n) is 2.39. The van der Waals surface area contributed by atoms with Crippen LogP contribution in [0.1, 0.15) is 17.8 Å². The van der Waals surface area contributed by atoms with Crippen molar-refractivity contribution in [1.29, 1.82) is 0 Å². The lowest BCUT2D eigenvalue weighted by atomic mass is 10.3. The zero-order valence-electron chi connectivity index (χ0n) is 6.45. The van der Waals surface area contributed by atoms with Crippen LogP contribution < -0.4 is 0 Å². The van der Waals surface area contributed by atoms with Crippen molar-refractivity contribution in [3.8, 4) is 0 Å². The van der Waals surface area contributed by atoms with Gasteiger partial charge in [-0.1, -0.05) is 0 Å². The highest BCUT2D eigenvalue weighted by Gasteiger charge is 2.34. The fraction of sp³-hybridized carbons (Fsp3) is 0.286. The molecule has 0 saturated carbocycles. The Morgan fingerprint density at radius 1 is 1.14 bits per heavy atom. The molecule has 1 aromatic rings. The molecule has 0 aliphatic rings. The van der Waals surface area contributed by atoms with Crippen LogP contribution in [0.25, 0.3) is 0 Å². The summed E-state index contributed by atoms with van der Waals surface area (Å²) >= 11 is 0. The van der Waals surface area contributed by atoms with Gasteiger partial charge < -0.3 is 0 Å². The highest BCUT2D eigenvalue weighted by Crippen LogP contribution is 2.29. The molecule has 7 heteroatoms. The van der Waals surface area contributed by atoms with E-state index in [-0.39, 0.29) is 12.1 Å². The second-order valence-corrected chi connectivity index (χ2v) is 2.39. The predicted octanol–water partition coefficient (Wildman–Crippen LogP) is 3.18. The highest BCUT2D eigenvalue weighted by atomic mass is 19.4. The maximum atomic E-state index is 12.4. The standard InChI is InChI=1S/C7H3F6N/c8-3-1-4(6(9)10)14-5(2-3)7(11,12)13/h1-2,6H. The number of alkyl halides is 5. The smallest absolute Gasteiger partial charge is 0.242 e. The van der Waals surface area contributed by atoms with Gasteiger partial charge in [0.25, 0.3) is 6.43 Å². The molecule has 0 aliphatic carbocycles. The molecule has 0 aliphatic heterocycles. The van der Waals surface area contributed by atoms with E-state index in [9.17, 15) is 26.3 Å². The van der Waals surface area contributed by atoms with E-state index in [0.29, 0.717) is 0 Å². The van der Waals surface area contributed by atoms with Crippen LogP contribution in [0.15, 0.2) is 12.1 Å². The molecule has 0 atom stereocenters. The summed E-state index contributed by atoms with van der Waals surface area (Å²) in [5.41, 5.74) is -2.88. The molecule has 1 nitrogen and oxygen atoms in total. The number of nitrogens with zero attached hydrogens (tertiary/aromatic N) is 1. The Hall–Kier alpha value is -1.27. The van der Waals surface area contributed by atoms with E-state index in [1.54, 1.807) is 0 Å². The number of halogens is 6. The summed E-state index contributed by atoms with van der Waals surface area (Å²) in [6, 6.07) is 0.325. The largest absolute Gasteiger partial charge is 0.433 e. The molecule has 1 heterocycles. The minimum absolute atomic E-state index is 0.0614. The van der Waals surface area contributed by atoms with Crippen LogP contribution in [0.2, 0.25) is 0 Å². The van der Waals surface area contributed by atoms with Gasteiger partial charge in [0.1, 0.15) is 17.2 Å². The summed E-state index contributed by atoms with van der Waals surface area (Å²) in [6.45, 7) is 0. The Bertz CT molecular complexity index is 331. The Morgan fingerprint density at radius 3 is 2.14 bits per heavy atom. The Morgan fingerprint density at radius 2 is 1.71 bits per heavy atom. The van der Waals surface area contributed by atoms with Gasteiger partial charge in [-0.25, -0.2) is 18.2 Å². The van der Waals surface area contributed by atoms with Crippen LogP contribution in [0.3, 0.4) is 0 Å². The van der Waals surface area contributed by atoms with Crippen LogP contribution in [0.5, 0.6) is 0 Å². The van der Waals surface area contributed by atoms with E-state index in [1.807, 2.05) is 0 Å². The lowest BCUT2D eigenvalue weighted by Gasteiger charge is -2.07. The summed E-state index contributed by atoms with van der Waals surface area (Å²) in [6.07, 6.45) is -8.15. The van der Waals surface area contributed by atoms with Crippen molar-refractivity contribution in [3.05, 3.63) is 29.3 Å². The van der Waals surface area contributed by atoms with Crippen LogP contribution in [-0.2, 0) is 6.18 Å². The maximum Gasteiger partial charge on any atom is 0.433 e. The first-order valence-electron chi connectivity index (χ1n) is 3.33. The molecule has 14 heavy (non-hydrogen) atoms. The van der Waals surface area contributed by atoms with Crippen molar-refractivity contribution in [2.75, 3.05) is 0 Å². The molecule has 0 unspecified atom stereocenters. The third-order valence-corrected chi connectivity index (χ3v) is 1.32. The first-order chi connectivity index (χ1) is 6.30.